The van der Waals surface area contributed by atoms with Crippen LogP contribution in [0.4, 0.5) is 19.3 Å². The van der Waals surface area contributed by atoms with Gasteiger partial charge in [0.25, 0.3) is 0 Å². The fourth-order valence-electron chi connectivity index (χ4n) is 2.48. The minimum atomic E-state index is -0.933. The van der Waals surface area contributed by atoms with Crippen LogP contribution >= 0.6 is 11.8 Å². The SMILES string of the molecule is Cc1cc(Sc2ncccn2)ccc1NC(=O)N(C)Cc1ccc(F)c(F)c1. The topological polar surface area (TPSA) is 58.1 Å². The highest BCUT2D eigenvalue weighted by molar-refractivity contribution is 7.99. The lowest BCUT2D eigenvalue weighted by molar-refractivity contribution is 0.220. The van der Waals surface area contributed by atoms with Gasteiger partial charge in [0.15, 0.2) is 16.8 Å². The number of benzene rings is 2. The van der Waals surface area contributed by atoms with Crippen molar-refractivity contribution in [3.8, 4) is 0 Å². The predicted octanol–water partition coefficient (Wildman–Crippen LogP) is 4.88. The van der Waals surface area contributed by atoms with Gasteiger partial charge in [0.05, 0.1) is 0 Å². The summed E-state index contributed by atoms with van der Waals surface area (Å²) in [4.78, 5) is 23.1. The molecular weight excluding hydrogens is 382 g/mol. The molecule has 28 heavy (non-hydrogen) atoms. The molecule has 0 unspecified atom stereocenters. The number of urea groups is 1. The molecule has 0 spiro atoms. The van der Waals surface area contributed by atoms with Gasteiger partial charge in [-0.25, -0.2) is 23.5 Å². The highest BCUT2D eigenvalue weighted by atomic mass is 32.2. The summed E-state index contributed by atoms with van der Waals surface area (Å²) in [5, 5.41) is 3.47. The number of nitrogens with zero attached hydrogens (tertiary/aromatic N) is 3. The monoisotopic (exact) mass is 400 g/mol. The molecule has 5 nitrogen and oxygen atoms in total. The van der Waals surface area contributed by atoms with E-state index in [0.717, 1.165) is 22.6 Å². The molecule has 0 saturated heterocycles. The molecule has 2 aromatic carbocycles. The Hall–Kier alpha value is -3.00. The minimum Gasteiger partial charge on any atom is -0.323 e. The number of halogens is 2. The molecule has 0 saturated carbocycles. The Morgan fingerprint density at radius 3 is 2.54 bits per heavy atom. The molecule has 8 heteroatoms. The average Bonchev–Trinajstić information content (AvgIpc) is 2.67. The van der Waals surface area contributed by atoms with Gasteiger partial charge >= 0.3 is 6.03 Å². The van der Waals surface area contributed by atoms with Crippen LogP contribution in [0.15, 0.2) is 64.9 Å². The van der Waals surface area contributed by atoms with E-state index in [4.69, 9.17) is 0 Å². The number of carbonyl (C=O) groups excluding carboxylic acids is 1. The first-order valence-electron chi connectivity index (χ1n) is 8.44. The second kappa shape index (κ2) is 8.79. The van der Waals surface area contributed by atoms with Gasteiger partial charge in [0.2, 0.25) is 0 Å². The molecule has 3 rings (SSSR count). The summed E-state index contributed by atoms with van der Waals surface area (Å²) in [6.07, 6.45) is 3.36. The van der Waals surface area contributed by atoms with Crippen LogP contribution in [-0.4, -0.2) is 27.9 Å². The molecule has 0 aliphatic heterocycles. The number of amides is 2. The molecule has 1 heterocycles. The zero-order chi connectivity index (χ0) is 20.1. The summed E-state index contributed by atoms with van der Waals surface area (Å²) in [5.74, 6) is -1.84. The molecule has 0 atom stereocenters. The van der Waals surface area contributed by atoms with Crippen molar-refractivity contribution in [2.45, 2.75) is 23.5 Å². The molecular formula is C20H18F2N4OS. The van der Waals surface area contributed by atoms with Gasteiger partial charge in [-0.15, -0.1) is 0 Å². The maximum absolute atomic E-state index is 13.3. The zero-order valence-electron chi connectivity index (χ0n) is 15.3. The van der Waals surface area contributed by atoms with Crippen LogP contribution in [-0.2, 0) is 6.54 Å². The van der Waals surface area contributed by atoms with Gasteiger partial charge in [-0.2, -0.15) is 0 Å². The first-order chi connectivity index (χ1) is 13.4. The summed E-state index contributed by atoms with van der Waals surface area (Å²) < 4.78 is 26.3. The molecule has 0 aliphatic carbocycles. The molecule has 0 fully saturated rings. The van der Waals surface area contributed by atoms with Crippen molar-refractivity contribution in [3.63, 3.8) is 0 Å². The van der Waals surface area contributed by atoms with Crippen molar-refractivity contribution < 1.29 is 13.6 Å². The van der Waals surface area contributed by atoms with Gasteiger partial charge in [-0.05, 0) is 66.2 Å². The van der Waals surface area contributed by atoms with Crippen molar-refractivity contribution in [2.75, 3.05) is 12.4 Å². The van der Waals surface area contributed by atoms with E-state index < -0.39 is 11.6 Å². The molecule has 2 amide bonds. The van der Waals surface area contributed by atoms with Crippen molar-refractivity contribution in [3.05, 3.63) is 77.6 Å². The van der Waals surface area contributed by atoms with E-state index in [1.807, 2.05) is 25.1 Å². The second-order valence-electron chi connectivity index (χ2n) is 6.14. The smallest absolute Gasteiger partial charge is 0.321 e. The van der Waals surface area contributed by atoms with Crippen LogP contribution in [0, 0.1) is 18.6 Å². The van der Waals surface area contributed by atoms with Crippen molar-refractivity contribution in [1.82, 2.24) is 14.9 Å². The predicted molar refractivity (Wildman–Crippen MR) is 104 cm³/mol. The Morgan fingerprint density at radius 1 is 1.11 bits per heavy atom. The summed E-state index contributed by atoms with van der Waals surface area (Å²) in [7, 11) is 1.59. The van der Waals surface area contributed by atoms with E-state index in [9.17, 15) is 13.6 Å². The highest BCUT2D eigenvalue weighted by Gasteiger charge is 2.13. The maximum Gasteiger partial charge on any atom is 0.321 e. The lowest BCUT2D eigenvalue weighted by Crippen LogP contribution is -2.31. The second-order valence-corrected chi connectivity index (χ2v) is 7.19. The number of carbonyl (C=O) groups is 1. The van der Waals surface area contributed by atoms with Gasteiger partial charge in [0.1, 0.15) is 0 Å². The van der Waals surface area contributed by atoms with Crippen LogP contribution in [0.2, 0.25) is 0 Å². The van der Waals surface area contributed by atoms with E-state index in [1.165, 1.54) is 22.7 Å². The van der Waals surface area contributed by atoms with E-state index in [0.29, 0.717) is 16.4 Å². The lowest BCUT2D eigenvalue weighted by atomic mass is 10.2. The van der Waals surface area contributed by atoms with Gasteiger partial charge in [-0.1, -0.05) is 6.07 Å². The molecule has 0 aliphatic rings. The fraction of sp³-hybridized carbons (Fsp3) is 0.150. The highest BCUT2D eigenvalue weighted by Crippen LogP contribution is 2.28. The summed E-state index contributed by atoms with van der Waals surface area (Å²) in [6.45, 7) is 2.04. The Morgan fingerprint density at radius 2 is 1.86 bits per heavy atom. The van der Waals surface area contributed by atoms with E-state index in [2.05, 4.69) is 15.3 Å². The Balaban J connectivity index is 1.63. The Bertz CT molecular complexity index is 985. The van der Waals surface area contributed by atoms with E-state index in [1.54, 1.807) is 25.5 Å². The normalized spacial score (nSPS) is 10.6. The quantitative estimate of drug-likeness (QED) is 0.620. The third-order valence-corrected chi connectivity index (χ3v) is 4.82. The average molecular weight is 400 g/mol. The first kappa shape index (κ1) is 19.8. The van der Waals surface area contributed by atoms with E-state index >= 15 is 0 Å². The first-order valence-corrected chi connectivity index (χ1v) is 9.25. The van der Waals surface area contributed by atoms with Gasteiger partial charge in [-0.3, -0.25) is 0 Å². The number of aromatic nitrogens is 2. The zero-order valence-corrected chi connectivity index (χ0v) is 16.1. The molecule has 1 aromatic heterocycles. The molecule has 0 radical (unpaired) electrons. The number of hydrogen-bond acceptors (Lipinski definition) is 4. The summed E-state index contributed by atoms with van der Waals surface area (Å²) >= 11 is 1.43. The Labute approximate surface area is 165 Å². The number of hydrogen-bond donors (Lipinski definition) is 1. The molecule has 3 aromatic rings. The van der Waals surface area contributed by atoms with Crippen LogP contribution in [0.5, 0.6) is 0 Å². The molecule has 0 bridgehead atoms. The maximum atomic E-state index is 13.3. The standard InChI is InChI=1S/C20H18F2N4OS/c1-13-10-15(28-19-23-8-3-9-24-19)5-7-18(13)25-20(27)26(2)12-14-4-6-16(21)17(22)11-14/h3-11H,12H2,1-2H3,(H,25,27). The van der Waals surface area contributed by atoms with E-state index in [-0.39, 0.29) is 12.6 Å². The largest absolute Gasteiger partial charge is 0.323 e. The molecule has 1 N–H and O–H groups in total. The minimum absolute atomic E-state index is 0.154. The molecule has 144 valence electrons. The van der Waals surface area contributed by atoms with Crippen molar-refractivity contribution in [2.24, 2.45) is 0 Å². The number of anilines is 1. The van der Waals surface area contributed by atoms with Gasteiger partial charge < -0.3 is 10.2 Å². The summed E-state index contributed by atoms with van der Waals surface area (Å²) in [5.41, 5.74) is 2.05. The van der Waals surface area contributed by atoms with Crippen molar-refractivity contribution >= 4 is 23.5 Å². The van der Waals surface area contributed by atoms with Crippen molar-refractivity contribution in [1.29, 1.82) is 0 Å². The summed E-state index contributed by atoms with van der Waals surface area (Å²) in [6, 6.07) is 10.6. The number of aryl methyl sites for hydroxylation is 1. The van der Waals surface area contributed by atoms with Crippen LogP contribution in [0.3, 0.4) is 0 Å². The lowest BCUT2D eigenvalue weighted by Gasteiger charge is -2.19. The van der Waals surface area contributed by atoms with Gasteiger partial charge in [0, 0.05) is 36.6 Å². The number of nitrogens with one attached hydrogen (secondary N) is 1. The van der Waals surface area contributed by atoms with Crippen LogP contribution in [0.25, 0.3) is 0 Å². The Kier molecular flexibility index (Phi) is 6.20. The third kappa shape index (κ3) is 5.04. The van der Waals surface area contributed by atoms with Crippen LogP contribution in [0.1, 0.15) is 11.1 Å². The number of rotatable bonds is 5. The fourth-order valence-corrected chi connectivity index (χ4v) is 3.29. The third-order valence-electron chi connectivity index (χ3n) is 3.94. The van der Waals surface area contributed by atoms with Crippen LogP contribution < -0.4 is 5.32 Å².